The predicted molar refractivity (Wildman–Crippen MR) is 45.8 cm³/mol. The van der Waals surface area contributed by atoms with Gasteiger partial charge in [0.15, 0.2) is 0 Å². The summed E-state index contributed by atoms with van der Waals surface area (Å²) in [5, 5.41) is 0. The SMILES string of the molecule is CCCCC(CCl)OCCl. The van der Waals surface area contributed by atoms with E-state index >= 15 is 0 Å². The standard InChI is InChI=1S/C7H14Cl2O/c1-2-3-4-7(5-8)10-6-9/h7H,2-6H2,1H3. The molecule has 1 nitrogen and oxygen atoms in total. The van der Waals surface area contributed by atoms with Crippen LogP contribution in [0.15, 0.2) is 0 Å². The summed E-state index contributed by atoms with van der Waals surface area (Å²) in [5.41, 5.74) is 0. The van der Waals surface area contributed by atoms with Gasteiger partial charge in [-0.15, -0.1) is 11.6 Å². The van der Waals surface area contributed by atoms with Crippen LogP contribution in [0.3, 0.4) is 0 Å². The Kier molecular flexibility index (Phi) is 8.06. The molecule has 0 amide bonds. The first-order valence-electron chi connectivity index (χ1n) is 3.58. The minimum atomic E-state index is 0.152. The van der Waals surface area contributed by atoms with E-state index in [-0.39, 0.29) is 12.2 Å². The second-order valence-corrected chi connectivity index (χ2v) is 2.72. The first-order chi connectivity index (χ1) is 4.85. The van der Waals surface area contributed by atoms with Crippen LogP contribution in [-0.4, -0.2) is 18.1 Å². The molecule has 0 aliphatic carbocycles. The Labute approximate surface area is 72.6 Å². The lowest BCUT2D eigenvalue weighted by Crippen LogP contribution is -2.13. The normalized spacial score (nSPS) is 13.5. The monoisotopic (exact) mass is 184 g/mol. The molecule has 0 radical (unpaired) electrons. The third-order valence-electron chi connectivity index (χ3n) is 1.35. The van der Waals surface area contributed by atoms with Gasteiger partial charge in [-0.05, 0) is 6.42 Å². The van der Waals surface area contributed by atoms with E-state index in [1.807, 2.05) is 0 Å². The predicted octanol–water partition coefficient (Wildman–Crippen LogP) is 3.00. The average Bonchev–Trinajstić information content (AvgIpc) is 1.98. The molecule has 0 aliphatic heterocycles. The molecule has 0 heterocycles. The molecular formula is C7H14Cl2O. The van der Waals surface area contributed by atoms with E-state index in [0.717, 1.165) is 12.8 Å². The first kappa shape index (κ1) is 10.5. The molecule has 0 fully saturated rings. The maximum Gasteiger partial charge on any atom is 0.121 e. The molecule has 0 N–H and O–H groups in total. The van der Waals surface area contributed by atoms with Crippen LogP contribution < -0.4 is 0 Å². The number of hydrogen-bond donors (Lipinski definition) is 0. The van der Waals surface area contributed by atoms with Crippen LogP contribution in [0, 0.1) is 0 Å². The zero-order valence-corrected chi connectivity index (χ0v) is 7.79. The van der Waals surface area contributed by atoms with E-state index in [4.69, 9.17) is 27.9 Å². The van der Waals surface area contributed by atoms with Crippen molar-refractivity contribution >= 4 is 23.2 Å². The Bertz CT molecular complexity index is 68.6. The second-order valence-electron chi connectivity index (χ2n) is 2.19. The third kappa shape index (κ3) is 5.33. The molecule has 3 heteroatoms. The number of hydrogen-bond acceptors (Lipinski definition) is 1. The summed E-state index contributed by atoms with van der Waals surface area (Å²) in [6.45, 7) is 2.14. The summed E-state index contributed by atoms with van der Waals surface area (Å²) in [5.74, 6) is 0.548. The summed E-state index contributed by atoms with van der Waals surface area (Å²) < 4.78 is 5.13. The minimum absolute atomic E-state index is 0.152. The second kappa shape index (κ2) is 7.64. The topological polar surface area (TPSA) is 9.23 Å². The third-order valence-corrected chi connectivity index (χ3v) is 1.82. The Morgan fingerprint density at radius 1 is 1.40 bits per heavy atom. The highest BCUT2D eigenvalue weighted by atomic mass is 35.5. The van der Waals surface area contributed by atoms with Crippen LogP contribution in [0.2, 0.25) is 0 Å². The Morgan fingerprint density at radius 3 is 2.50 bits per heavy atom. The van der Waals surface area contributed by atoms with Crippen LogP contribution in [-0.2, 0) is 4.74 Å². The van der Waals surface area contributed by atoms with Crippen molar-refractivity contribution in [1.82, 2.24) is 0 Å². The molecule has 0 aromatic carbocycles. The Morgan fingerprint density at radius 2 is 2.10 bits per heavy atom. The quantitative estimate of drug-likeness (QED) is 0.578. The molecule has 10 heavy (non-hydrogen) atoms. The van der Waals surface area contributed by atoms with Gasteiger partial charge in [-0.25, -0.2) is 0 Å². The lowest BCUT2D eigenvalue weighted by molar-refractivity contribution is 0.0959. The Balaban J connectivity index is 3.21. The molecule has 0 spiro atoms. The van der Waals surface area contributed by atoms with Crippen LogP contribution in [0.25, 0.3) is 0 Å². The minimum Gasteiger partial charge on any atom is -0.361 e. The van der Waals surface area contributed by atoms with Gasteiger partial charge in [-0.1, -0.05) is 31.4 Å². The van der Waals surface area contributed by atoms with E-state index in [2.05, 4.69) is 6.92 Å². The number of unbranched alkanes of at least 4 members (excludes halogenated alkanes) is 1. The van der Waals surface area contributed by atoms with Gasteiger partial charge in [0.25, 0.3) is 0 Å². The van der Waals surface area contributed by atoms with Crippen LogP contribution in [0.5, 0.6) is 0 Å². The fourth-order valence-electron chi connectivity index (χ4n) is 0.726. The lowest BCUT2D eigenvalue weighted by Gasteiger charge is -2.11. The highest BCUT2D eigenvalue weighted by molar-refractivity contribution is 6.18. The van der Waals surface area contributed by atoms with Crippen LogP contribution >= 0.6 is 23.2 Å². The van der Waals surface area contributed by atoms with E-state index in [1.165, 1.54) is 6.42 Å². The summed E-state index contributed by atoms with van der Waals surface area (Å²) in [4.78, 5) is 0. The van der Waals surface area contributed by atoms with Gasteiger partial charge in [-0.2, -0.15) is 0 Å². The van der Waals surface area contributed by atoms with Crippen molar-refractivity contribution in [3.05, 3.63) is 0 Å². The maximum atomic E-state index is 5.60. The Hall–Kier alpha value is 0.540. The summed E-state index contributed by atoms with van der Waals surface area (Å²) in [7, 11) is 0. The molecule has 0 rings (SSSR count). The smallest absolute Gasteiger partial charge is 0.121 e. The van der Waals surface area contributed by atoms with Gasteiger partial charge in [-0.3, -0.25) is 0 Å². The van der Waals surface area contributed by atoms with Gasteiger partial charge >= 0.3 is 0 Å². The molecule has 1 unspecified atom stereocenters. The zero-order valence-electron chi connectivity index (χ0n) is 6.28. The number of halogens is 2. The molecule has 0 aromatic rings. The van der Waals surface area contributed by atoms with E-state index < -0.39 is 0 Å². The van der Waals surface area contributed by atoms with Crippen LogP contribution in [0.1, 0.15) is 26.2 Å². The first-order valence-corrected chi connectivity index (χ1v) is 4.65. The fraction of sp³-hybridized carbons (Fsp3) is 1.00. The molecule has 0 saturated carbocycles. The summed E-state index contributed by atoms with van der Waals surface area (Å²) >= 11 is 11.0. The van der Waals surface area contributed by atoms with Crippen molar-refractivity contribution in [2.24, 2.45) is 0 Å². The van der Waals surface area contributed by atoms with Gasteiger partial charge < -0.3 is 4.74 Å². The van der Waals surface area contributed by atoms with Gasteiger partial charge in [0, 0.05) is 5.88 Å². The summed E-state index contributed by atoms with van der Waals surface area (Å²) in [6, 6.07) is 0.251. The average molecular weight is 185 g/mol. The number of ether oxygens (including phenoxy) is 1. The maximum absolute atomic E-state index is 5.60. The lowest BCUT2D eigenvalue weighted by atomic mass is 10.2. The van der Waals surface area contributed by atoms with E-state index in [0.29, 0.717) is 5.88 Å². The van der Waals surface area contributed by atoms with Crippen molar-refractivity contribution in [1.29, 1.82) is 0 Å². The van der Waals surface area contributed by atoms with Crippen LogP contribution in [0.4, 0.5) is 0 Å². The molecule has 0 bridgehead atoms. The largest absolute Gasteiger partial charge is 0.361 e. The van der Waals surface area contributed by atoms with Crippen molar-refractivity contribution in [2.75, 3.05) is 11.9 Å². The van der Waals surface area contributed by atoms with Gasteiger partial charge in [0.05, 0.1) is 6.10 Å². The number of rotatable bonds is 6. The van der Waals surface area contributed by atoms with Crippen molar-refractivity contribution in [3.63, 3.8) is 0 Å². The van der Waals surface area contributed by atoms with Crippen molar-refractivity contribution < 1.29 is 4.74 Å². The van der Waals surface area contributed by atoms with E-state index in [9.17, 15) is 0 Å². The van der Waals surface area contributed by atoms with Gasteiger partial charge in [0.1, 0.15) is 6.07 Å². The van der Waals surface area contributed by atoms with E-state index in [1.54, 1.807) is 0 Å². The van der Waals surface area contributed by atoms with Crippen molar-refractivity contribution in [2.45, 2.75) is 32.3 Å². The molecule has 0 saturated heterocycles. The fourth-order valence-corrected chi connectivity index (χ4v) is 1.15. The highest BCUT2D eigenvalue weighted by Gasteiger charge is 2.04. The molecule has 1 atom stereocenters. The highest BCUT2D eigenvalue weighted by Crippen LogP contribution is 2.06. The zero-order chi connectivity index (χ0) is 7.82. The molecule has 0 aliphatic rings. The van der Waals surface area contributed by atoms with Crippen molar-refractivity contribution in [3.8, 4) is 0 Å². The van der Waals surface area contributed by atoms with Gasteiger partial charge in [0.2, 0.25) is 0 Å². The molecular weight excluding hydrogens is 171 g/mol. The molecule has 0 aromatic heterocycles. The summed E-state index contributed by atoms with van der Waals surface area (Å²) in [6.07, 6.45) is 3.51. The molecule has 62 valence electrons. The number of alkyl halides is 2.